The summed E-state index contributed by atoms with van der Waals surface area (Å²) in [7, 11) is 1.59. The fourth-order valence-corrected chi connectivity index (χ4v) is 1.23. The summed E-state index contributed by atoms with van der Waals surface area (Å²) in [4.78, 5) is 21.9. The quantitative estimate of drug-likeness (QED) is 0.804. The summed E-state index contributed by atoms with van der Waals surface area (Å²) in [5, 5.41) is 5.10. The van der Waals surface area contributed by atoms with E-state index >= 15 is 0 Å². The maximum absolute atomic E-state index is 11.3. The van der Waals surface area contributed by atoms with Crippen LogP contribution in [0.15, 0.2) is 24.3 Å². The molecule has 0 spiro atoms. The van der Waals surface area contributed by atoms with E-state index in [2.05, 4.69) is 10.6 Å². The predicted molar refractivity (Wildman–Crippen MR) is 63.9 cm³/mol. The number of benzene rings is 1. The molecule has 0 atom stereocenters. The van der Waals surface area contributed by atoms with Crippen molar-refractivity contribution < 1.29 is 14.3 Å². The normalized spacial score (nSPS) is 9.53. The number of Topliss-reactive ketones (excluding diaryl/α,β-unsaturated/α-hetero) is 1. The van der Waals surface area contributed by atoms with Crippen LogP contribution in [0.4, 0.5) is 4.79 Å². The van der Waals surface area contributed by atoms with Crippen LogP contribution in [0.3, 0.4) is 0 Å². The second-order valence-electron chi connectivity index (χ2n) is 3.59. The molecule has 0 heterocycles. The molecule has 1 rings (SSSR count). The zero-order valence-electron chi connectivity index (χ0n) is 9.95. The molecular formula is C12H16N2O3. The summed E-state index contributed by atoms with van der Waals surface area (Å²) in [6.07, 6.45) is 0. The van der Waals surface area contributed by atoms with Crippen molar-refractivity contribution in [3.63, 3.8) is 0 Å². The Bertz CT molecular complexity index is 404. The zero-order chi connectivity index (χ0) is 12.7. The fourth-order valence-electron chi connectivity index (χ4n) is 1.23. The number of methoxy groups -OCH3 is 1. The molecule has 0 saturated heterocycles. The molecule has 17 heavy (non-hydrogen) atoms. The van der Waals surface area contributed by atoms with Crippen molar-refractivity contribution in [2.45, 2.75) is 13.5 Å². The number of carbonyl (C=O) groups excluding carboxylic acids is 2. The molecule has 92 valence electrons. The van der Waals surface area contributed by atoms with Crippen molar-refractivity contribution in [2.24, 2.45) is 0 Å². The number of ether oxygens (including phenoxy) is 1. The third-order valence-corrected chi connectivity index (χ3v) is 2.09. The number of hydrogen-bond acceptors (Lipinski definition) is 3. The molecule has 5 heteroatoms. The Morgan fingerprint density at radius 2 is 2.06 bits per heavy atom. The summed E-state index contributed by atoms with van der Waals surface area (Å²) in [5.74, 6) is 0.662. The molecule has 0 radical (unpaired) electrons. The Kier molecular flexibility index (Phi) is 5.00. The number of urea groups is 1. The van der Waals surface area contributed by atoms with Crippen molar-refractivity contribution in [3.8, 4) is 5.75 Å². The standard InChI is InChI=1S/C12H16N2O3/c1-9(15)7-13-12(16)14-8-10-4-3-5-11(6-10)17-2/h3-6H,7-8H2,1-2H3,(H2,13,14,16). The SMILES string of the molecule is COc1cccc(CNC(=O)NCC(C)=O)c1. The fraction of sp³-hybridized carbons (Fsp3) is 0.333. The Hall–Kier alpha value is -2.04. The van der Waals surface area contributed by atoms with Gasteiger partial charge in [-0.3, -0.25) is 4.79 Å². The highest BCUT2D eigenvalue weighted by molar-refractivity contribution is 5.83. The Morgan fingerprint density at radius 3 is 2.71 bits per heavy atom. The number of ketones is 1. The summed E-state index contributed by atoms with van der Waals surface area (Å²) >= 11 is 0. The minimum atomic E-state index is -0.358. The highest BCUT2D eigenvalue weighted by atomic mass is 16.5. The molecule has 1 aromatic rings. The van der Waals surface area contributed by atoms with E-state index in [4.69, 9.17) is 4.74 Å². The molecule has 0 fully saturated rings. The maximum atomic E-state index is 11.3. The topological polar surface area (TPSA) is 67.4 Å². The highest BCUT2D eigenvalue weighted by Gasteiger charge is 2.01. The molecule has 0 aliphatic rings. The van der Waals surface area contributed by atoms with Gasteiger partial charge in [-0.15, -0.1) is 0 Å². The number of hydrogen-bond donors (Lipinski definition) is 2. The lowest BCUT2D eigenvalue weighted by atomic mass is 10.2. The van der Waals surface area contributed by atoms with Crippen molar-refractivity contribution in [1.29, 1.82) is 0 Å². The van der Waals surface area contributed by atoms with E-state index in [-0.39, 0.29) is 18.4 Å². The van der Waals surface area contributed by atoms with E-state index in [9.17, 15) is 9.59 Å². The van der Waals surface area contributed by atoms with Crippen LogP contribution in [-0.2, 0) is 11.3 Å². The number of carbonyl (C=O) groups is 2. The molecule has 0 saturated carbocycles. The molecule has 0 aliphatic carbocycles. The van der Waals surface area contributed by atoms with Gasteiger partial charge in [0.15, 0.2) is 0 Å². The van der Waals surface area contributed by atoms with Gasteiger partial charge in [0, 0.05) is 6.54 Å². The van der Waals surface area contributed by atoms with Crippen molar-refractivity contribution in [3.05, 3.63) is 29.8 Å². The first-order valence-electron chi connectivity index (χ1n) is 5.26. The van der Waals surface area contributed by atoms with E-state index in [0.717, 1.165) is 11.3 Å². The minimum Gasteiger partial charge on any atom is -0.497 e. The van der Waals surface area contributed by atoms with Gasteiger partial charge in [-0.25, -0.2) is 4.79 Å². The van der Waals surface area contributed by atoms with Gasteiger partial charge in [-0.1, -0.05) is 12.1 Å². The van der Waals surface area contributed by atoms with Gasteiger partial charge in [-0.05, 0) is 24.6 Å². The van der Waals surface area contributed by atoms with Gasteiger partial charge in [-0.2, -0.15) is 0 Å². The van der Waals surface area contributed by atoms with Crippen LogP contribution < -0.4 is 15.4 Å². The van der Waals surface area contributed by atoms with Crippen LogP contribution in [-0.4, -0.2) is 25.5 Å². The van der Waals surface area contributed by atoms with Crippen LogP contribution in [0.2, 0.25) is 0 Å². The largest absolute Gasteiger partial charge is 0.497 e. The number of amides is 2. The summed E-state index contributed by atoms with van der Waals surface area (Å²) < 4.78 is 5.07. The monoisotopic (exact) mass is 236 g/mol. The molecule has 2 N–H and O–H groups in total. The van der Waals surface area contributed by atoms with E-state index in [1.54, 1.807) is 7.11 Å². The van der Waals surface area contributed by atoms with Crippen molar-refractivity contribution >= 4 is 11.8 Å². The molecule has 0 aliphatic heterocycles. The minimum absolute atomic E-state index is 0.0456. The lowest BCUT2D eigenvalue weighted by Crippen LogP contribution is -2.37. The van der Waals surface area contributed by atoms with E-state index in [1.807, 2.05) is 24.3 Å². The highest BCUT2D eigenvalue weighted by Crippen LogP contribution is 2.11. The van der Waals surface area contributed by atoms with Crippen LogP contribution in [0.5, 0.6) is 5.75 Å². The first-order valence-corrected chi connectivity index (χ1v) is 5.26. The summed E-state index contributed by atoms with van der Waals surface area (Å²) in [5.41, 5.74) is 0.933. The van der Waals surface area contributed by atoms with E-state index in [0.29, 0.717) is 6.54 Å². The van der Waals surface area contributed by atoms with Gasteiger partial charge in [0.25, 0.3) is 0 Å². The molecule has 1 aromatic carbocycles. The Morgan fingerprint density at radius 1 is 1.29 bits per heavy atom. The molecule has 0 bridgehead atoms. The first-order chi connectivity index (χ1) is 8.11. The van der Waals surface area contributed by atoms with Gasteiger partial charge in [0.05, 0.1) is 13.7 Å². The number of rotatable bonds is 5. The summed E-state index contributed by atoms with van der Waals surface area (Å²) in [6, 6.07) is 7.05. The second kappa shape index (κ2) is 6.52. The molecule has 2 amide bonds. The Labute approximate surface area is 100 Å². The van der Waals surface area contributed by atoms with Gasteiger partial charge in [0.2, 0.25) is 0 Å². The third-order valence-electron chi connectivity index (χ3n) is 2.09. The maximum Gasteiger partial charge on any atom is 0.315 e. The van der Waals surface area contributed by atoms with Crippen LogP contribution in [0, 0.1) is 0 Å². The average Bonchev–Trinajstić information content (AvgIpc) is 2.34. The first kappa shape index (κ1) is 13.0. The molecule has 0 unspecified atom stereocenters. The molecule has 5 nitrogen and oxygen atoms in total. The average molecular weight is 236 g/mol. The Balaban J connectivity index is 2.39. The van der Waals surface area contributed by atoms with Gasteiger partial charge < -0.3 is 15.4 Å². The van der Waals surface area contributed by atoms with Crippen LogP contribution >= 0.6 is 0 Å². The van der Waals surface area contributed by atoms with Crippen molar-refractivity contribution in [1.82, 2.24) is 10.6 Å². The number of nitrogens with one attached hydrogen (secondary N) is 2. The lowest BCUT2D eigenvalue weighted by molar-refractivity contribution is -0.116. The van der Waals surface area contributed by atoms with E-state index < -0.39 is 0 Å². The van der Waals surface area contributed by atoms with Crippen LogP contribution in [0.1, 0.15) is 12.5 Å². The lowest BCUT2D eigenvalue weighted by Gasteiger charge is -2.07. The van der Waals surface area contributed by atoms with Crippen LogP contribution in [0.25, 0.3) is 0 Å². The van der Waals surface area contributed by atoms with E-state index in [1.165, 1.54) is 6.92 Å². The van der Waals surface area contributed by atoms with Crippen molar-refractivity contribution in [2.75, 3.05) is 13.7 Å². The third kappa shape index (κ3) is 5.01. The molecular weight excluding hydrogens is 220 g/mol. The van der Waals surface area contributed by atoms with Gasteiger partial charge in [0.1, 0.15) is 11.5 Å². The second-order valence-corrected chi connectivity index (χ2v) is 3.59. The predicted octanol–water partition coefficient (Wildman–Crippen LogP) is 1.08. The van der Waals surface area contributed by atoms with Gasteiger partial charge >= 0.3 is 6.03 Å². The summed E-state index contributed by atoms with van der Waals surface area (Å²) in [6.45, 7) is 1.85. The zero-order valence-corrected chi connectivity index (χ0v) is 9.95. The molecule has 0 aromatic heterocycles. The smallest absolute Gasteiger partial charge is 0.315 e.